The van der Waals surface area contributed by atoms with Gasteiger partial charge < -0.3 is 15.8 Å². The lowest BCUT2D eigenvalue weighted by Gasteiger charge is -2.12. The van der Waals surface area contributed by atoms with Crippen LogP contribution in [0.2, 0.25) is 0 Å². The number of carbonyl (C=O) groups excluding carboxylic acids is 1. The van der Waals surface area contributed by atoms with Gasteiger partial charge in [-0.05, 0) is 42.2 Å². The van der Waals surface area contributed by atoms with E-state index < -0.39 is 6.04 Å². The number of amides is 1. The van der Waals surface area contributed by atoms with Gasteiger partial charge in [-0.25, -0.2) is 0 Å². The highest BCUT2D eigenvalue weighted by Crippen LogP contribution is 2.27. The molecule has 0 fully saturated rings. The molecule has 0 unspecified atom stereocenters. The molecule has 1 aliphatic heterocycles. The average Bonchev–Trinajstić information content (AvgIpc) is 2.83. The Bertz CT molecular complexity index is 443. The molecule has 3 N–H and O–H groups in total. The van der Waals surface area contributed by atoms with Gasteiger partial charge in [0, 0.05) is 12.1 Å². The lowest BCUT2D eigenvalue weighted by atomic mass is 10.1. The number of ether oxygens (including phenoxy) is 1. The van der Waals surface area contributed by atoms with Crippen LogP contribution in [0.1, 0.15) is 12.0 Å². The predicted octanol–water partition coefficient (Wildman–Crippen LogP) is 2.06. The quantitative estimate of drug-likeness (QED) is 0.874. The maximum absolute atomic E-state index is 11.8. The molecular weight excluding hydrogens is 284 g/mol. The van der Waals surface area contributed by atoms with Gasteiger partial charge in [-0.1, -0.05) is 0 Å². The molecular formula is C13H19ClN2O2S. The molecule has 2 rings (SSSR count). The van der Waals surface area contributed by atoms with E-state index in [2.05, 4.69) is 5.32 Å². The van der Waals surface area contributed by atoms with Crippen molar-refractivity contribution in [2.75, 3.05) is 23.9 Å². The third-order valence-corrected chi connectivity index (χ3v) is 3.57. The minimum Gasteiger partial charge on any atom is -0.493 e. The van der Waals surface area contributed by atoms with Crippen LogP contribution in [-0.4, -0.2) is 30.6 Å². The molecule has 0 bridgehead atoms. The number of nitrogens with one attached hydrogen (secondary N) is 1. The van der Waals surface area contributed by atoms with Crippen molar-refractivity contribution in [3.8, 4) is 5.75 Å². The summed E-state index contributed by atoms with van der Waals surface area (Å²) in [4.78, 5) is 11.8. The maximum Gasteiger partial charge on any atom is 0.241 e. The van der Waals surface area contributed by atoms with E-state index in [1.165, 1.54) is 0 Å². The van der Waals surface area contributed by atoms with Crippen molar-refractivity contribution >= 4 is 35.8 Å². The Hall–Kier alpha value is -0.910. The van der Waals surface area contributed by atoms with Crippen molar-refractivity contribution in [1.82, 2.24) is 0 Å². The van der Waals surface area contributed by atoms with E-state index in [9.17, 15) is 4.79 Å². The topological polar surface area (TPSA) is 64.4 Å². The average molecular weight is 303 g/mol. The van der Waals surface area contributed by atoms with Gasteiger partial charge in [0.25, 0.3) is 0 Å². The van der Waals surface area contributed by atoms with Crippen molar-refractivity contribution in [3.05, 3.63) is 23.8 Å². The van der Waals surface area contributed by atoms with Crippen molar-refractivity contribution in [2.45, 2.75) is 18.9 Å². The van der Waals surface area contributed by atoms with Gasteiger partial charge in [-0.15, -0.1) is 12.4 Å². The van der Waals surface area contributed by atoms with E-state index in [-0.39, 0.29) is 18.3 Å². The van der Waals surface area contributed by atoms with Crippen LogP contribution in [0, 0.1) is 0 Å². The maximum atomic E-state index is 11.8. The number of anilines is 1. The molecule has 0 aliphatic carbocycles. The molecule has 0 saturated heterocycles. The fourth-order valence-corrected chi connectivity index (χ4v) is 2.36. The number of benzene rings is 1. The second-order valence-electron chi connectivity index (χ2n) is 4.30. The van der Waals surface area contributed by atoms with Gasteiger partial charge >= 0.3 is 0 Å². The number of nitrogens with two attached hydrogens (primary N) is 1. The van der Waals surface area contributed by atoms with E-state index in [1.54, 1.807) is 11.8 Å². The number of hydrogen-bond donors (Lipinski definition) is 2. The Labute approximate surface area is 123 Å². The van der Waals surface area contributed by atoms with Gasteiger partial charge in [0.05, 0.1) is 12.6 Å². The van der Waals surface area contributed by atoms with Crippen LogP contribution in [-0.2, 0) is 11.2 Å². The number of fused-ring (bicyclic) bond motifs is 1. The zero-order valence-corrected chi connectivity index (χ0v) is 12.5. The van der Waals surface area contributed by atoms with Crippen molar-refractivity contribution < 1.29 is 9.53 Å². The standard InChI is InChI=1S/C13H18N2O2S.ClH/c1-18-7-5-11(14)13(16)15-10-2-3-12-9(8-10)4-6-17-12;/h2-3,8,11H,4-7,14H2,1H3,(H,15,16);1H/t11-;/m0./s1. The molecule has 1 amide bonds. The number of hydrogen-bond acceptors (Lipinski definition) is 4. The highest BCUT2D eigenvalue weighted by molar-refractivity contribution is 7.98. The normalized spacial score (nSPS) is 14.0. The Morgan fingerprint density at radius 1 is 1.58 bits per heavy atom. The molecule has 1 aromatic carbocycles. The van der Waals surface area contributed by atoms with Crippen LogP contribution in [0.5, 0.6) is 5.75 Å². The Morgan fingerprint density at radius 3 is 3.11 bits per heavy atom. The summed E-state index contributed by atoms with van der Waals surface area (Å²) in [5.74, 6) is 1.69. The third-order valence-electron chi connectivity index (χ3n) is 2.93. The summed E-state index contributed by atoms with van der Waals surface area (Å²) in [6, 6.07) is 5.26. The van der Waals surface area contributed by atoms with E-state index in [0.717, 1.165) is 35.8 Å². The fourth-order valence-electron chi connectivity index (χ4n) is 1.88. The zero-order valence-electron chi connectivity index (χ0n) is 10.8. The number of halogens is 1. The van der Waals surface area contributed by atoms with Crippen LogP contribution >= 0.6 is 24.2 Å². The molecule has 0 radical (unpaired) electrons. The highest BCUT2D eigenvalue weighted by Gasteiger charge is 2.15. The Balaban J connectivity index is 0.00000180. The van der Waals surface area contributed by atoms with E-state index >= 15 is 0 Å². The minimum atomic E-state index is -0.443. The molecule has 1 aliphatic rings. The first-order valence-electron chi connectivity index (χ1n) is 6.02. The van der Waals surface area contributed by atoms with Crippen molar-refractivity contribution in [3.63, 3.8) is 0 Å². The van der Waals surface area contributed by atoms with Crippen molar-refractivity contribution in [2.24, 2.45) is 5.73 Å². The largest absolute Gasteiger partial charge is 0.493 e. The molecule has 106 valence electrons. The SMILES string of the molecule is CSCC[C@H](N)C(=O)Nc1ccc2c(c1)CCO2.Cl. The van der Waals surface area contributed by atoms with Gasteiger partial charge in [0.2, 0.25) is 5.91 Å². The second kappa shape index (κ2) is 7.62. The molecule has 1 atom stereocenters. The first-order chi connectivity index (χ1) is 8.70. The van der Waals surface area contributed by atoms with Gasteiger partial charge in [0.15, 0.2) is 0 Å². The summed E-state index contributed by atoms with van der Waals surface area (Å²) in [7, 11) is 0. The number of rotatable bonds is 5. The molecule has 1 aromatic rings. The van der Waals surface area contributed by atoms with E-state index in [4.69, 9.17) is 10.5 Å². The second-order valence-corrected chi connectivity index (χ2v) is 5.28. The molecule has 0 aromatic heterocycles. The molecule has 6 heteroatoms. The van der Waals surface area contributed by atoms with E-state index in [1.807, 2.05) is 24.5 Å². The summed E-state index contributed by atoms with van der Waals surface area (Å²) in [5.41, 5.74) is 7.75. The number of carbonyl (C=O) groups is 1. The molecule has 0 spiro atoms. The lowest BCUT2D eigenvalue weighted by Crippen LogP contribution is -2.36. The Kier molecular flexibility index (Phi) is 6.48. The molecule has 1 heterocycles. The van der Waals surface area contributed by atoms with Crippen LogP contribution < -0.4 is 15.8 Å². The first kappa shape index (κ1) is 16.1. The fraction of sp³-hybridized carbons (Fsp3) is 0.462. The summed E-state index contributed by atoms with van der Waals surface area (Å²) in [6.45, 7) is 0.722. The van der Waals surface area contributed by atoms with Crippen LogP contribution in [0.25, 0.3) is 0 Å². The predicted molar refractivity (Wildman–Crippen MR) is 82.5 cm³/mol. The van der Waals surface area contributed by atoms with Crippen LogP contribution in [0.15, 0.2) is 18.2 Å². The molecule has 19 heavy (non-hydrogen) atoms. The lowest BCUT2D eigenvalue weighted by molar-refractivity contribution is -0.117. The van der Waals surface area contributed by atoms with Gasteiger partial charge in [-0.3, -0.25) is 4.79 Å². The smallest absolute Gasteiger partial charge is 0.241 e. The summed E-state index contributed by atoms with van der Waals surface area (Å²) in [6.07, 6.45) is 3.60. The highest BCUT2D eigenvalue weighted by atomic mass is 35.5. The molecule has 0 saturated carbocycles. The monoisotopic (exact) mass is 302 g/mol. The summed E-state index contributed by atoms with van der Waals surface area (Å²) in [5, 5.41) is 2.85. The minimum absolute atomic E-state index is 0. The van der Waals surface area contributed by atoms with Crippen LogP contribution in [0.3, 0.4) is 0 Å². The number of thioether (sulfide) groups is 1. The van der Waals surface area contributed by atoms with Gasteiger partial charge in [0.1, 0.15) is 5.75 Å². The Morgan fingerprint density at radius 2 is 2.37 bits per heavy atom. The zero-order chi connectivity index (χ0) is 13.0. The van der Waals surface area contributed by atoms with Crippen molar-refractivity contribution in [1.29, 1.82) is 0 Å². The molecule has 4 nitrogen and oxygen atoms in total. The summed E-state index contributed by atoms with van der Waals surface area (Å²) >= 11 is 1.69. The first-order valence-corrected chi connectivity index (χ1v) is 7.41. The summed E-state index contributed by atoms with van der Waals surface area (Å²) < 4.78 is 5.42. The van der Waals surface area contributed by atoms with E-state index in [0.29, 0.717) is 6.42 Å². The van der Waals surface area contributed by atoms with Crippen LogP contribution in [0.4, 0.5) is 5.69 Å². The third kappa shape index (κ3) is 4.30. The van der Waals surface area contributed by atoms with Gasteiger partial charge in [-0.2, -0.15) is 11.8 Å².